The van der Waals surface area contributed by atoms with Crippen LogP contribution in [0.15, 0.2) is 54.9 Å². The van der Waals surface area contributed by atoms with Crippen LogP contribution in [0.4, 0.5) is 0 Å². The average Bonchev–Trinajstić information content (AvgIpc) is 3.08. The van der Waals surface area contributed by atoms with Gasteiger partial charge in [0.1, 0.15) is 12.2 Å². The Kier molecular flexibility index (Phi) is 3.45. The molecule has 2 aromatic heterocycles. The molecule has 2 aromatic carbocycles. The summed E-state index contributed by atoms with van der Waals surface area (Å²) in [6.07, 6.45) is 3.59. The van der Waals surface area contributed by atoms with E-state index in [9.17, 15) is 0 Å². The fourth-order valence-corrected chi connectivity index (χ4v) is 3.82. The highest BCUT2D eigenvalue weighted by atomic mass is 16.5. The van der Waals surface area contributed by atoms with E-state index in [1.807, 2.05) is 0 Å². The molecule has 5 nitrogen and oxygen atoms in total. The van der Waals surface area contributed by atoms with Gasteiger partial charge in [0.25, 0.3) is 0 Å². The van der Waals surface area contributed by atoms with Crippen LogP contribution in [0.5, 0.6) is 5.88 Å². The number of methoxy groups -OCH3 is 1. The number of fused-ring (bicyclic) bond motifs is 7. The van der Waals surface area contributed by atoms with Crippen molar-refractivity contribution in [1.82, 2.24) is 19.5 Å². The third-order valence-corrected chi connectivity index (χ3v) is 5.00. The quantitative estimate of drug-likeness (QED) is 0.522. The number of benzene rings is 2. The highest BCUT2D eigenvalue weighted by Crippen LogP contribution is 2.37. The van der Waals surface area contributed by atoms with E-state index < -0.39 is 0 Å². The Balaban J connectivity index is 1.86. The largest absolute Gasteiger partial charge is 0.479 e. The molecule has 1 aliphatic rings. The summed E-state index contributed by atoms with van der Waals surface area (Å²) in [5, 5.41) is 0. The van der Waals surface area contributed by atoms with Crippen LogP contribution in [0.3, 0.4) is 0 Å². The molecule has 128 valence electrons. The molecule has 0 atom stereocenters. The van der Waals surface area contributed by atoms with Gasteiger partial charge in [-0.3, -0.25) is 0 Å². The molecule has 0 saturated carbocycles. The van der Waals surface area contributed by atoms with Crippen molar-refractivity contribution >= 4 is 11.2 Å². The van der Waals surface area contributed by atoms with Gasteiger partial charge in [-0.2, -0.15) is 4.98 Å². The van der Waals surface area contributed by atoms with Crippen molar-refractivity contribution in [3.05, 3.63) is 60.4 Å². The molecule has 0 N–H and O–H groups in total. The normalized spacial score (nSPS) is 13.1. The van der Waals surface area contributed by atoms with E-state index in [4.69, 9.17) is 9.72 Å². The summed E-state index contributed by atoms with van der Waals surface area (Å²) in [6.45, 7) is 0.856. The summed E-state index contributed by atoms with van der Waals surface area (Å²) in [4.78, 5) is 13.6. The lowest BCUT2D eigenvalue weighted by molar-refractivity contribution is 0.401. The maximum Gasteiger partial charge on any atom is 0.245 e. The lowest BCUT2D eigenvalue weighted by Crippen LogP contribution is -2.02. The van der Waals surface area contributed by atoms with Crippen LogP contribution in [-0.2, 0) is 13.0 Å². The number of hydrogen-bond donors (Lipinski definition) is 0. The first kappa shape index (κ1) is 15.1. The minimum absolute atomic E-state index is 0.518. The lowest BCUT2D eigenvalue weighted by Gasteiger charge is -2.11. The van der Waals surface area contributed by atoms with Gasteiger partial charge in [-0.1, -0.05) is 48.5 Å². The van der Waals surface area contributed by atoms with E-state index in [1.54, 1.807) is 13.4 Å². The number of nitrogens with zero attached hydrogens (tertiary/aromatic N) is 4. The Labute approximate surface area is 151 Å². The Bertz CT molecular complexity index is 1120. The minimum atomic E-state index is 0.518. The van der Waals surface area contributed by atoms with Crippen molar-refractivity contribution in [3.63, 3.8) is 0 Å². The molecule has 0 spiro atoms. The number of ether oxygens (including phenoxy) is 1. The highest BCUT2D eigenvalue weighted by molar-refractivity contribution is 5.87. The van der Waals surface area contributed by atoms with Crippen LogP contribution in [0, 0.1) is 0 Å². The molecule has 1 aliphatic heterocycles. The third-order valence-electron chi connectivity index (χ3n) is 5.00. The van der Waals surface area contributed by atoms with E-state index in [0.717, 1.165) is 36.4 Å². The van der Waals surface area contributed by atoms with Gasteiger partial charge in [-0.25, -0.2) is 9.97 Å². The Hall–Kier alpha value is -3.21. The average molecular weight is 342 g/mol. The van der Waals surface area contributed by atoms with Crippen LogP contribution in [0.25, 0.3) is 33.7 Å². The van der Waals surface area contributed by atoms with Gasteiger partial charge in [-0.05, 0) is 29.5 Å². The molecule has 0 bridgehead atoms. The first-order valence-corrected chi connectivity index (χ1v) is 8.79. The smallest absolute Gasteiger partial charge is 0.245 e. The van der Waals surface area contributed by atoms with Crippen molar-refractivity contribution < 1.29 is 4.74 Å². The molecule has 0 saturated heterocycles. The minimum Gasteiger partial charge on any atom is -0.479 e. The van der Waals surface area contributed by atoms with Crippen molar-refractivity contribution in [2.75, 3.05) is 7.11 Å². The van der Waals surface area contributed by atoms with E-state index in [-0.39, 0.29) is 0 Å². The van der Waals surface area contributed by atoms with Crippen LogP contribution in [0.1, 0.15) is 12.0 Å². The summed E-state index contributed by atoms with van der Waals surface area (Å²) < 4.78 is 7.61. The molecule has 5 heteroatoms. The first-order valence-electron chi connectivity index (χ1n) is 8.79. The molecular weight excluding hydrogens is 324 g/mol. The molecule has 0 amide bonds. The summed E-state index contributed by atoms with van der Waals surface area (Å²) >= 11 is 0. The Morgan fingerprint density at radius 2 is 1.69 bits per heavy atom. The summed E-state index contributed by atoms with van der Waals surface area (Å²) in [6, 6.07) is 17.1. The fraction of sp³-hybridized carbons (Fsp3) is 0.190. The molecule has 0 unspecified atom stereocenters. The molecule has 5 rings (SSSR count). The fourth-order valence-electron chi connectivity index (χ4n) is 3.82. The molecule has 0 aliphatic carbocycles. The van der Waals surface area contributed by atoms with Gasteiger partial charge in [0.15, 0.2) is 11.2 Å². The zero-order chi connectivity index (χ0) is 17.5. The van der Waals surface area contributed by atoms with E-state index >= 15 is 0 Å². The third kappa shape index (κ3) is 2.20. The molecule has 0 fully saturated rings. The summed E-state index contributed by atoms with van der Waals surface area (Å²) in [5.41, 5.74) is 6.51. The van der Waals surface area contributed by atoms with E-state index in [0.29, 0.717) is 11.4 Å². The first-order chi connectivity index (χ1) is 12.9. The summed E-state index contributed by atoms with van der Waals surface area (Å²) in [5.74, 6) is 1.44. The number of rotatable bonds is 1. The van der Waals surface area contributed by atoms with E-state index in [1.165, 1.54) is 16.7 Å². The van der Waals surface area contributed by atoms with Crippen LogP contribution < -0.4 is 4.74 Å². The lowest BCUT2D eigenvalue weighted by atomic mass is 9.93. The van der Waals surface area contributed by atoms with Crippen LogP contribution in [-0.4, -0.2) is 26.6 Å². The Morgan fingerprint density at radius 1 is 0.923 bits per heavy atom. The second kappa shape index (κ2) is 5.95. The highest BCUT2D eigenvalue weighted by Gasteiger charge is 2.22. The van der Waals surface area contributed by atoms with Crippen molar-refractivity contribution in [2.24, 2.45) is 0 Å². The maximum absolute atomic E-state index is 5.41. The zero-order valence-electron chi connectivity index (χ0n) is 14.5. The predicted octanol–water partition coefficient (Wildman–Crippen LogP) is 4.12. The molecule has 0 radical (unpaired) electrons. The number of imidazole rings is 1. The van der Waals surface area contributed by atoms with Gasteiger partial charge in [0.2, 0.25) is 5.88 Å². The molecule has 3 heterocycles. The van der Waals surface area contributed by atoms with Gasteiger partial charge >= 0.3 is 0 Å². The van der Waals surface area contributed by atoms with E-state index in [2.05, 4.69) is 63.1 Å². The van der Waals surface area contributed by atoms with Crippen molar-refractivity contribution in [2.45, 2.75) is 19.4 Å². The van der Waals surface area contributed by atoms with Gasteiger partial charge in [0.05, 0.1) is 7.11 Å². The number of hydrogen-bond acceptors (Lipinski definition) is 4. The zero-order valence-corrected chi connectivity index (χ0v) is 14.5. The SMILES string of the molecule is COc1ncnc2c1nc1n2CCCc2ccccc2-c2ccccc2-1. The van der Waals surface area contributed by atoms with Crippen molar-refractivity contribution in [3.8, 4) is 28.4 Å². The van der Waals surface area contributed by atoms with Gasteiger partial charge in [-0.15, -0.1) is 0 Å². The predicted molar refractivity (Wildman–Crippen MR) is 101 cm³/mol. The molecule has 26 heavy (non-hydrogen) atoms. The van der Waals surface area contributed by atoms with Crippen LogP contribution in [0.2, 0.25) is 0 Å². The van der Waals surface area contributed by atoms with Crippen molar-refractivity contribution in [1.29, 1.82) is 0 Å². The summed E-state index contributed by atoms with van der Waals surface area (Å²) in [7, 11) is 1.62. The molecular formula is C21H18N4O. The standard InChI is InChI=1S/C21H18N4O/c1-26-21-18-20(22-13-23-21)25-12-6-8-14-7-2-3-9-15(14)16-10-4-5-11-17(16)19(25)24-18/h2-5,7,9-11,13H,6,8,12H2,1H3. The Morgan fingerprint density at radius 3 is 2.54 bits per heavy atom. The molecule has 4 aromatic rings. The number of aromatic nitrogens is 4. The maximum atomic E-state index is 5.41. The monoisotopic (exact) mass is 342 g/mol. The second-order valence-corrected chi connectivity index (χ2v) is 6.45. The second-order valence-electron chi connectivity index (χ2n) is 6.45. The van der Waals surface area contributed by atoms with Crippen LogP contribution >= 0.6 is 0 Å². The van der Waals surface area contributed by atoms with Gasteiger partial charge < -0.3 is 9.30 Å². The van der Waals surface area contributed by atoms with Gasteiger partial charge in [0, 0.05) is 12.1 Å². The number of aryl methyl sites for hydroxylation is 2. The topological polar surface area (TPSA) is 52.8 Å².